The maximum Gasteiger partial charge on any atom is 0.236 e. The van der Waals surface area contributed by atoms with Crippen molar-refractivity contribution in [1.82, 2.24) is 20.2 Å². The van der Waals surface area contributed by atoms with Gasteiger partial charge in [-0.2, -0.15) is 0 Å². The van der Waals surface area contributed by atoms with Crippen LogP contribution in [-0.4, -0.2) is 40.4 Å². The number of nitrogens with one attached hydrogen (secondary N) is 2. The molecule has 0 atom stereocenters. The standard InChI is InChI=1S/C10H18N4O/c1-8(2)13-6-10(15)14(3)7-9-11-4-5-12-9/h4-5,8,13H,6-7H2,1-3H3,(H,11,12). The molecule has 84 valence electrons. The van der Waals surface area contributed by atoms with Crippen LogP contribution in [0.25, 0.3) is 0 Å². The van der Waals surface area contributed by atoms with Gasteiger partial charge in [0.25, 0.3) is 0 Å². The van der Waals surface area contributed by atoms with E-state index in [1.807, 2.05) is 13.8 Å². The van der Waals surface area contributed by atoms with Gasteiger partial charge in [0, 0.05) is 25.5 Å². The van der Waals surface area contributed by atoms with Crippen molar-refractivity contribution < 1.29 is 4.79 Å². The lowest BCUT2D eigenvalue weighted by atomic mass is 10.4. The maximum atomic E-state index is 11.6. The molecule has 5 heteroatoms. The van der Waals surface area contributed by atoms with Crippen LogP contribution in [0.5, 0.6) is 0 Å². The predicted molar refractivity (Wildman–Crippen MR) is 58.2 cm³/mol. The minimum Gasteiger partial charge on any atom is -0.347 e. The van der Waals surface area contributed by atoms with Crippen LogP contribution in [0.15, 0.2) is 12.4 Å². The first-order valence-electron chi connectivity index (χ1n) is 5.05. The number of hydrogen-bond donors (Lipinski definition) is 2. The molecule has 0 aliphatic rings. The smallest absolute Gasteiger partial charge is 0.236 e. The van der Waals surface area contributed by atoms with E-state index in [0.29, 0.717) is 19.1 Å². The van der Waals surface area contributed by atoms with Crippen LogP contribution in [0.1, 0.15) is 19.7 Å². The Labute approximate surface area is 89.9 Å². The van der Waals surface area contributed by atoms with Gasteiger partial charge in [-0.3, -0.25) is 4.79 Å². The fraction of sp³-hybridized carbons (Fsp3) is 0.600. The molecule has 1 heterocycles. The van der Waals surface area contributed by atoms with Crippen LogP contribution < -0.4 is 5.32 Å². The third-order valence-electron chi connectivity index (χ3n) is 2.03. The molecule has 2 N–H and O–H groups in total. The Kier molecular flexibility index (Phi) is 4.30. The first kappa shape index (κ1) is 11.7. The number of rotatable bonds is 5. The van der Waals surface area contributed by atoms with E-state index >= 15 is 0 Å². The first-order valence-corrected chi connectivity index (χ1v) is 5.05. The van der Waals surface area contributed by atoms with E-state index < -0.39 is 0 Å². The van der Waals surface area contributed by atoms with Crippen molar-refractivity contribution in [3.8, 4) is 0 Å². The van der Waals surface area contributed by atoms with Crippen molar-refractivity contribution in [1.29, 1.82) is 0 Å². The summed E-state index contributed by atoms with van der Waals surface area (Å²) in [6.45, 7) is 4.92. The number of carbonyl (C=O) groups excluding carboxylic acids is 1. The van der Waals surface area contributed by atoms with E-state index in [4.69, 9.17) is 0 Å². The summed E-state index contributed by atoms with van der Waals surface area (Å²) < 4.78 is 0. The van der Waals surface area contributed by atoms with Crippen molar-refractivity contribution in [2.75, 3.05) is 13.6 Å². The molecule has 1 aromatic heterocycles. The molecule has 15 heavy (non-hydrogen) atoms. The maximum absolute atomic E-state index is 11.6. The molecular formula is C10H18N4O. The predicted octanol–water partition coefficient (Wildman–Crippen LogP) is 0.366. The lowest BCUT2D eigenvalue weighted by Gasteiger charge is -2.17. The largest absolute Gasteiger partial charge is 0.347 e. The molecule has 5 nitrogen and oxygen atoms in total. The van der Waals surface area contributed by atoms with Crippen LogP contribution in [0, 0.1) is 0 Å². The second-order valence-corrected chi connectivity index (χ2v) is 3.82. The van der Waals surface area contributed by atoms with Gasteiger partial charge in [0.2, 0.25) is 5.91 Å². The summed E-state index contributed by atoms with van der Waals surface area (Å²) in [6, 6.07) is 0.325. The Hall–Kier alpha value is -1.36. The number of imidazole rings is 1. The molecule has 0 aromatic carbocycles. The summed E-state index contributed by atoms with van der Waals surface area (Å²) in [5.41, 5.74) is 0. The quantitative estimate of drug-likeness (QED) is 0.738. The average molecular weight is 210 g/mol. The number of aromatic amines is 1. The fourth-order valence-corrected chi connectivity index (χ4v) is 1.12. The summed E-state index contributed by atoms with van der Waals surface area (Å²) in [6.07, 6.45) is 3.43. The summed E-state index contributed by atoms with van der Waals surface area (Å²) in [5.74, 6) is 0.871. The molecule has 0 aliphatic carbocycles. The van der Waals surface area contributed by atoms with Crippen LogP contribution in [0.4, 0.5) is 0 Å². The molecule has 0 bridgehead atoms. The van der Waals surface area contributed by atoms with Crippen LogP contribution in [0.3, 0.4) is 0 Å². The monoisotopic (exact) mass is 210 g/mol. The summed E-state index contributed by atoms with van der Waals surface area (Å²) in [4.78, 5) is 20.3. The van der Waals surface area contributed by atoms with Gasteiger partial charge in [0.05, 0.1) is 13.1 Å². The number of likely N-dealkylation sites (N-methyl/N-ethyl adjacent to an activating group) is 1. The second kappa shape index (κ2) is 5.50. The van der Waals surface area contributed by atoms with Gasteiger partial charge in [-0.25, -0.2) is 4.98 Å². The van der Waals surface area contributed by atoms with Gasteiger partial charge in [-0.05, 0) is 0 Å². The van der Waals surface area contributed by atoms with Crippen molar-refractivity contribution in [3.63, 3.8) is 0 Å². The second-order valence-electron chi connectivity index (χ2n) is 3.82. The van der Waals surface area contributed by atoms with E-state index in [0.717, 1.165) is 5.82 Å². The van der Waals surface area contributed by atoms with E-state index in [-0.39, 0.29) is 5.91 Å². The fourth-order valence-electron chi connectivity index (χ4n) is 1.12. The third kappa shape index (κ3) is 4.12. The van der Waals surface area contributed by atoms with Crippen molar-refractivity contribution in [2.24, 2.45) is 0 Å². The van der Waals surface area contributed by atoms with E-state index in [2.05, 4.69) is 15.3 Å². The molecular weight excluding hydrogens is 192 g/mol. The highest BCUT2D eigenvalue weighted by molar-refractivity contribution is 5.77. The van der Waals surface area contributed by atoms with Gasteiger partial charge in [0.15, 0.2) is 0 Å². The molecule has 0 saturated carbocycles. The Balaban J connectivity index is 2.33. The molecule has 1 aromatic rings. The highest BCUT2D eigenvalue weighted by atomic mass is 16.2. The molecule has 0 radical (unpaired) electrons. The number of aromatic nitrogens is 2. The van der Waals surface area contributed by atoms with E-state index in [1.165, 1.54) is 0 Å². The van der Waals surface area contributed by atoms with Gasteiger partial charge < -0.3 is 15.2 Å². The lowest BCUT2D eigenvalue weighted by Crippen LogP contribution is -2.37. The SMILES string of the molecule is CC(C)NCC(=O)N(C)Cc1ncc[nH]1. The van der Waals surface area contributed by atoms with Crippen LogP contribution >= 0.6 is 0 Å². The summed E-state index contributed by atoms with van der Waals surface area (Å²) >= 11 is 0. The number of amides is 1. The van der Waals surface area contributed by atoms with Crippen LogP contribution in [0.2, 0.25) is 0 Å². The molecule has 0 fully saturated rings. The molecule has 0 spiro atoms. The highest BCUT2D eigenvalue weighted by Crippen LogP contribution is 1.95. The van der Waals surface area contributed by atoms with Gasteiger partial charge in [-0.1, -0.05) is 13.8 Å². The normalized spacial score (nSPS) is 10.7. The van der Waals surface area contributed by atoms with E-state index in [9.17, 15) is 4.79 Å². The number of hydrogen-bond acceptors (Lipinski definition) is 3. The topological polar surface area (TPSA) is 61.0 Å². The molecule has 1 rings (SSSR count). The van der Waals surface area contributed by atoms with E-state index in [1.54, 1.807) is 24.3 Å². The van der Waals surface area contributed by atoms with Crippen LogP contribution in [-0.2, 0) is 11.3 Å². The number of H-pyrrole nitrogens is 1. The van der Waals surface area contributed by atoms with Crippen molar-refractivity contribution in [2.45, 2.75) is 26.4 Å². The summed E-state index contributed by atoms with van der Waals surface area (Å²) in [5, 5.41) is 3.08. The molecule has 0 aliphatic heterocycles. The van der Waals surface area contributed by atoms with Gasteiger partial charge in [-0.15, -0.1) is 0 Å². The minimum atomic E-state index is 0.0695. The number of nitrogens with zero attached hydrogens (tertiary/aromatic N) is 2. The zero-order valence-corrected chi connectivity index (χ0v) is 9.45. The average Bonchev–Trinajstić information content (AvgIpc) is 2.66. The molecule has 1 amide bonds. The molecule has 0 unspecified atom stereocenters. The van der Waals surface area contributed by atoms with Gasteiger partial charge in [0.1, 0.15) is 5.82 Å². The highest BCUT2D eigenvalue weighted by Gasteiger charge is 2.10. The Morgan fingerprint density at radius 1 is 1.67 bits per heavy atom. The van der Waals surface area contributed by atoms with Crippen molar-refractivity contribution >= 4 is 5.91 Å². The first-order chi connectivity index (χ1) is 7.09. The van der Waals surface area contributed by atoms with Gasteiger partial charge >= 0.3 is 0 Å². The Morgan fingerprint density at radius 3 is 2.93 bits per heavy atom. The van der Waals surface area contributed by atoms with Crippen molar-refractivity contribution in [3.05, 3.63) is 18.2 Å². The third-order valence-corrected chi connectivity index (χ3v) is 2.03. The Morgan fingerprint density at radius 2 is 2.40 bits per heavy atom. The minimum absolute atomic E-state index is 0.0695. The number of carbonyl (C=O) groups is 1. The summed E-state index contributed by atoms with van der Waals surface area (Å²) in [7, 11) is 1.77. The zero-order valence-electron chi connectivity index (χ0n) is 9.45. The zero-order chi connectivity index (χ0) is 11.3. The lowest BCUT2D eigenvalue weighted by molar-refractivity contribution is -0.129. The Bertz CT molecular complexity index is 294. The molecule has 0 saturated heterocycles.